The molecular weight excluding hydrogens is 246 g/mol. The Bertz CT molecular complexity index is 464. The maximum atomic E-state index is 12.3. The van der Waals surface area contributed by atoms with E-state index in [2.05, 4.69) is 5.10 Å². The predicted molar refractivity (Wildman–Crippen MR) is 69.9 cm³/mol. The molecule has 0 bridgehead atoms. The third-order valence-electron chi connectivity index (χ3n) is 3.77. The first kappa shape index (κ1) is 14.0. The molecule has 0 saturated carbocycles. The second-order valence-electron chi connectivity index (χ2n) is 5.27. The number of hydrogen-bond donors (Lipinski definition) is 1. The fourth-order valence-electron chi connectivity index (χ4n) is 2.34. The highest BCUT2D eigenvalue weighted by Gasteiger charge is 2.33. The second-order valence-corrected chi connectivity index (χ2v) is 5.27. The smallest absolute Gasteiger partial charge is 0.257 e. The number of aryl methyl sites for hydroxylation is 1. The quantitative estimate of drug-likeness (QED) is 0.857. The van der Waals surface area contributed by atoms with E-state index in [9.17, 15) is 9.90 Å². The van der Waals surface area contributed by atoms with Crippen molar-refractivity contribution in [3.05, 3.63) is 17.5 Å². The van der Waals surface area contributed by atoms with Crippen LogP contribution >= 0.6 is 0 Å². The molecule has 1 aliphatic heterocycles. The number of aromatic nitrogens is 2. The Morgan fingerprint density at radius 2 is 2.21 bits per heavy atom. The van der Waals surface area contributed by atoms with E-state index in [1.807, 2.05) is 6.92 Å². The molecule has 1 amide bonds. The summed E-state index contributed by atoms with van der Waals surface area (Å²) in [5, 5.41) is 14.5. The van der Waals surface area contributed by atoms with Gasteiger partial charge in [0, 0.05) is 52.4 Å². The average Bonchev–Trinajstić information content (AvgIpc) is 2.69. The average molecular weight is 267 g/mol. The lowest BCUT2D eigenvalue weighted by molar-refractivity contribution is -0.0734. The van der Waals surface area contributed by atoms with Crippen LogP contribution in [0, 0.1) is 6.92 Å². The highest BCUT2D eigenvalue weighted by molar-refractivity contribution is 5.94. The molecule has 0 spiro atoms. The number of rotatable bonds is 3. The second kappa shape index (κ2) is 5.30. The van der Waals surface area contributed by atoms with Crippen LogP contribution in [0.2, 0.25) is 0 Å². The molecule has 19 heavy (non-hydrogen) atoms. The van der Waals surface area contributed by atoms with Crippen LogP contribution in [0.5, 0.6) is 0 Å². The maximum absolute atomic E-state index is 12.3. The summed E-state index contributed by atoms with van der Waals surface area (Å²) in [6.45, 7) is 3.27. The van der Waals surface area contributed by atoms with Crippen LogP contribution in [0.25, 0.3) is 0 Å². The van der Waals surface area contributed by atoms with E-state index in [4.69, 9.17) is 4.74 Å². The maximum Gasteiger partial charge on any atom is 0.257 e. The minimum Gasteiger partial charge on any atom is -0.388 e. The minimum absolute atomic E-state index is 0.106. The SMILES string of the molecule is Cc1c(C(=O)N(C)CC2(O)CCOCC2)cnn1C. The highest BCUT2D eigenvalue weighted by atomic mass is 16.5. The van der Waals surface area contributed by atoms with Crippen molar-refractivity contribution in [3.63, 3.8) is 0 Å². The Kier molecular flexibility index (Phi) is 3.91. The van der Waals surface area contributed by atoms with Gasteiger partial charge in [-0.05, 0) is 6.92 Å². The molecule has 0 aromatic carbocycles. The molecule has 1 aromatic rings. The minimum atomic E-state index is -0.835. The van der Waals surface area contributed by atoms with Gasteiger partial charge in [0.2, 0.25) is 0 Å². The van der Waals surface area contributed by atoms with E-state index in [-0.39, 0.29) is 5.91 Å². The number of hydrogen-bond acceptors (Lipinski definition) is 4. The first-order valence-corrected chi connectivity index (χ1v) is 6.47. The zero-order valence-electron chi connectivity index (χ0n) is 11.7. The zero-order valence-corrected chi connectivity index (χ0v) is 11.7. The molecule has 0 atom stereocenters. The molecule has 1 aromatic heterocycles. The topological polar surface area (TPSA) is 67.6 Å². The lowest BCUT2D eigenvalue weighted by atomic mass is 9.94. The number of nitrogens with zero attached hydrogens (tertiary/aromatic N) is 3. The van der Waals surface area contributed by atoms with Crippen LogP contribution in [0.3, 0.4) is 0 Å². The first-order valence-electron chi connectivity index (χ1n) is 6.47. The standard InChI is InChI=1S/C13H21N3O3/c1-10-11(8-14-16(10)3)12(17)15(2)9-13(18)4-6-19-7-5-13/h8,18H,4-7,9H2,1-3H3. The normalized spacial score (nSPS) is 18.3. The van der Waals surface area contributed by atoms with Crippen molar-refractivity contribution in [1.29, 1.82) is 0 Å². The molecular formula is C13H21N3O3. The van der Waals surface area contributed by atoms with Gasteiger partial charge in [-0.25, -0.2) is 0 Å². The van der Waals surface area contributed by atoms with Gasteiger partial charge in [-0.2, -0.15) is 5.10 Å². The summed E-state index contributed by atoms with van der Waals surface area (Å²) in [7, 11) is 3.51. The summed E-state index contributed by atoms with van der Waals surface area (Å²) in [4.78, 5) is 13.9. The van der Waals surface area contributed by atoms with E-state index < -0.39 is 5.60 Å². The van der Waals surface area contributed by atoms with Gasteiger partial charge in [-0.3, -0.25) is 9.48 Å². The number of carbonyl (C=O) groups is 1. The first-order chi connectivity index (χ1) is 8.93. The number of ether oxygens (including phenoxy) is 1. The molecule has 1 aliphatic rings. The van der Waals surface area contributed by atoms with Gasteiger partial charge >= 0.3 is 0 Å². The summed E-state index contributed by atoms with van der Waals surface area (Å²) in [5.74, 6) is -0.106. The molecule has 1 saturated heterocycles. The Balaban J connectivity index is 2.05. The largest absolute Gasteiger partial charge is 0.388 e. The fraction of sp³-hybridized carbons (Fsp3) is 0.692. The summed E-state index contributed by atoms with van der Waals surface area (Å²) < 4.78 is 6.91. The van der Waals surface area contributed by atoms with Crippen molar-refractivity contribution in [2.24, 2.45) is 7.05 Å². The van der Waals surface area contributed by atoms with Crippen LogP contribution in [-0.4, -0.2) is 58.1 Å². The van der Waals surface area contributed by atoms with E-state index >= 15 is 0 Å². The summed E-state index contributed by atoms with van der Waals surface area (Å²) >= 11 is 0. The van der Waals surface area contributed by atoms with Crippen molar-refractivity contribution >= 4 is 5.91 Å². The van der Waals surface area contributed by atoms with E-state index in [0.717, 1.165) is 5.69 Å². The van der Waals surface area contributed by atoms with Gasteiger partial charge in [0.15, 0.2) is 0 Å². The van der Waals surface area contributed by atoms with Crippen LogP contribution in [0.4, 0.5) is 0 Å². The molecule has 2 heterocycles. The molecule has 6 heteroatoms. The van der Waals surface area contributed by atoms with Gasteiger partial charge in [0.05, 0.1) is 17.4 Å². The lowest BCUT2D eigenvalue weighted by Crippen LogP contribution is -2.47. The van der Waals surface area contributed by atoms with E-state index in [1.165, 1.54) is 0 Å². The van der Waals surface area contributed by atoms with Gasteiger partial charge < -0.3 is 14.7 Å². The number of aliphatic hydroxyl groups is 1. The molecule has 0 radical (unpaired) electrons. The lowest BCUT2D eigenvalue weighted by Gasteiger charge is -2.35. The van der Waals surface area contributed by atoms with Gasteiger partial charge in [-0.15, -0.1) is 0 Å². The van der Waals surface area contributed by atoms with E-state index in [0.29, 0.717) is 38.2 Å². The summed E-state index contributed by atoms with van der Waals surface area (Å²) in [5.41, 5.74) is 0.579. The van der Waals surface area contributed by atoms with Crippen LogP contribution in [0.1, 0.15) is 28.9 Å². The number of amides is 1. The Morgan fingerprint density at radius 1 is 1.58 bits per heavy atom. The van der Waals surface area contributed by atoms with Gasteiger partial charge in [-0.1, -0.05) is 0 Å². The Labute approximate surface area is 113 Å². The van der Waals surface area contributed by atoms with Crippen molar-refractivity contribution < 1.29 is 14.6 Å². The third kappa shape index (κ3) is 2.96. The third-order valence-corrected chi connectivity index (χ3v) is 3.77. The van der Waals surface area contributed by atoms with Crippen molar-refractivity contribution in [2.45, 2.75) is 25.4 Å². The molecule has 0 unspecified atom stereocenters. The predicted octanol–water partition coefficient (Wildman–Crippen LogP) is 0.342. The molecule has 106 valence electrons. The fourth-order valence-corrected chi connectivity index (χ4v) is 2.34. The van der Waals surface area contributed by atoms with Gasteiger partial charge in [0.1, 0.15) is 0 Å². The van der Waals surface area contributed by atoms with Crippen molar-refractivity contribution in [3.8, 4) is 0 Å². The van der Waals surface area contributed by atoms with E-state index in [1.54, 1.807) is 29.9 Å². The molecule has 6 nitrogen and oxygen atoms in total. The summed E-state index contributed by atoms with van der Waals surface area (Å²) in [6, 6.07) is 0. The molecule has 2 rings (SSSR count). The van der Waals surface area contributed by atoms with Crippen LogP contribution in [-0.2, 0) is 11.8 Å². The van der Waals surface area contributed by atoms with Gasteiger partial charge in [0.25, 0.3) is 5.91 Å². The van der Waals surface area contributed by atoms with Crippen LogP contribution < -0.4 is 0 Å². The molecule has 0 aliphatic carbocycles. The zero-order chi connectivity index (χ0) is 14.0. The van der Waals surface area contributed by atoms with Crippen molar-refractivity contribution in [1.82, 2.24) is 14.7 Å². The molecule has 1 N–H and O–H groups in total. The van der Waals surface area contributed by atoms with Crippen molar-refractivity contribution in [2.75, 3.05) is 26.8 Å². The number of carbonyl (C=O) groups excluding carboxylic acids is 1. The number of likely N-dealkylation sites (N-methyl/N-ethyl adjacent to an activating group) is 1. The molecule has 1 fully saturated rings. The Morgan fingerprint density at radius 3 is 2.74 bits per heavy atom. The highest BCUT2D eigenvalue weighted by Crippen LogP contribution is 2.22. The monoisotopic (exact) mass is 267 g/mol. The van der Waals surface area contributed by atoms with Crippen LogP contribution in [0.15, 0.2) is 6.20 Å². The Hall–Kier alpha value is -1.40. The summed E-state index contributed by atoms with van der Waals surface area (Å²) in [6.07, 6.45) is 2.70.